The molecule has 0 atom stereocenters. The molecule has 0 bridgehead atoms. The topological polar surface area (TPSA) is 79.8 Å². The van der Waals surface area contributed by atoms with E-state index in [1.54, 1.807) is 24.3 Å². The molecule has 118 valence electrons. The quantitative estimate of drug-likeness (QED) is 0.506. The number of halogens is 1. The molecule has 2 amide bonds. The van der Waals surface area contributed by atoms with E-state index in [2.05, 4.69) is 20.6 Å². The van der Waals surface area contributed by atoms with Gasteiger partial charge in [0, 0.05) is 16.8 Å². The van der Waals surface area contributed by atoms with Gasteiger partial charge in [0.25, 0.3) is 5.91 Å². The molecule has 22 heavy (non-hydrogen) atoms. The van der Waals surface area contributed by atoms with E-state index in [0.29, 0.717) is 10.7 Å². The average Bonchev–Trinajstić information content (AvgIpc) is 2.50. The van der Waals surface area contributed by atoms with Crippen LogP contribution in [0.4, 0.5) is 10.5 Å². The Bertz CT molecular complexity index is 539. The van der Waals surface area contributed by atoms with E-state index in [9.17, 15) is 9.59 Å². The molecule has 1 saturated carbocycles. The molecule has 7 heteroatoms. The summed E-state index contributed by atoms with van der Waals surface area (Å²) in [5.41, 5.74) is 0.576. The fourth-order valence-electron chi connectivity index (χ4n) is 2.27. The van der Waals surface area contributed by atoms with Crippen molar-refractivity contribution in [3.8, 4) is 0 Å². The van der Waals surface area contributed by atoms with Crippen LogP contribution >= 0.6 is 11.6 Å². The lowest BCUT2D eigenvalue weighted by molar-refractivity contribution is -0.110. The lowest BCUT2D eigenvalue weighted by Gasteiger charge is -2.21. The van der Waals surface area contributed by atoms with E-state index in [4.69, 9.17) is 11.6 Å². The first-order valence-corrected chi connectivity index (χ1v) is 7.59. The summed E-state index contributed by atoms with van der Waals surface area (Å²) in [6.45, 7) is 0. The Morgan fingerprint density at radius 1 is 1.18 bits per heavy atom. The summed E-state index contributed by atoms with van der Waals surface area (Å²) in [6.07, 6.45) is 5.61. The van der Waals surface area contributed by atoms with E-state index in [0.717, 1.165) is 31.9 Å². The van der Waals surface area contributed by atoms with Gasteiger partial charge in [0.1, 0.15) is 6.21 Å². The maximum absolute atomic E-state index is 11.6. The predicted molar refractivity (Wildman–Crippen MR) is 85.1 cm³/mol. The van der Waals surface area contributed by atoms with Gasteiger partial charge in [-0.2, -0.15) is 0 Å². The first-order chi connectivity index (χ1) is 10.6. The number of rotatable bonds is 4. The predicted octanol–water partition coefficient (Wildman–Crippen LogP) is 3.32. The Hall–Kier alpha value is -2.08. The second-order valence-corrected chi connectivity index (χ2v) is 5.53. The summed E-state index contributed by atoms with van der Waals surface area (Å²) in [7, 11) is 0. The third kappa shape index (κ3) is 5.73. The maximum atomic E-state index is 11.6. The molecule has 0 heterocycles. The summed E-state index contributed by atoms with van der Waals surface area (Å²) in [5, 5.41) is 9.25. The van der Waals surface area contributed by atoms with Crippen LogP contribution in [0.2, 0.25) is 5.02 Å². The Morgan fingerprint density at radius 2 is 1.86 bits per heavy atom. The molecule has 0 spiro atoms. The minimum absolute atomic E-state index is 0.138. The zero-order chi connectivity index (χ0) is 15.8. The van der Waals surface area contributed by atoms with Crippen LogP contribution in [-0.2, 0) is 9.63 Å². The number of nitrogens with zero attached hydrogens (tertiary/aromatic N) is 1. The molecule has 1 aliphatic carbocycles. The van der Waals surface area contributed by atoms with E-state index >= 15 is 0 Å². The summed E-state index contributed by atoms with van der Waals surface area (Å²) < 4.78 is 0. The lowest BCUT2D eigenvalue weighted by Crippen LogP contribution is -2.35. The van der Waals surface area contributed by atoms with E-state index < -0.39 is 12.0 Å². The minimum atomic E-state index is -0.637. The molecule has 0 aliphatic heterocycles. The molecule has 1 aliphatic rings. The highest BCUT2D eigenvalue weighted by molar-refractivity contribution is 6.32. The van der Waals surface area contributed by atoms with Crippen molar-refractivity contribution in [1.82, 2.24) is 5.32 Å². The Labute approximate surface area is 133 Å². The third-order valence-electron chi connectivity index (χ3n) is 3.34. The highest BCUT2D eigenvalue weighted by atomic mass is 35.5. The lowest BCUT2D eigenvalue weighted by atomic mass is 9.96. The summed E-state index contributed by atoms with van der Waals surface area (Å²) in [4.78, 5) is 27.7. The van der Waals surface area contributed by atoms with Crippen LogP contribution in [0.15, 0.2) is 29.4 Å². The first kappa shape index (κ1) is 16.3. The molecule has 0 saturated heterocycles. The van der Waals surface area contributed by atoms with Gasteiger partial charge in [0.2, 0.25) is 0 Å². The maximum Gasteiger partial charge on any atom is 0.433 e. The van der Waals surface area contributed by atoms with Crippen LogP contribution in [0.3, 0.4) is 0 Å². The molecule has 0 radical (unpaired) electrons. The van der Waals surface area contributed by atoms with Gasteiger partial charge in [-0.1, -0.05) is 36.0 Å². The van der Waals surface area contributed by atoms with Crippen molar-refractivity contribution in [2.75, 3.05) is 5.32 Å². The Balaban J connectivity index is 1.70. The number of benzene rings is 1. The standard InChI is InChI=1S/C15H18ClN3O3/c16-11-6-8-13(9-7-11)18-14(20)10-17-22-15(21)19-12-4-2-1-3-5-12/h6-10,12H,1-5H2,(H,18,20)(H,19,21)/b17-10-. The third-order valence-corrected chi connectivity index (χ3v) is 3.60. The molecule has 1 aromatic carbocycles. The number of carbonyl (C=O) groups is 2. The molecule has 6 nitrogen and oxygen atoms in total. The largest absolute Gasteiger partial charge is 0.433 e. The van der Waals surface area contributed by atoms with Crippen molar-refractivity contribution >= 4 is 35.5 Å². The molecule has 0 unspecified atom stereocenters. The summed E-state index contributed by atoms with van der Waals surface area (Å²) in [6, 6.07) is 6.76. The second kappa shape index (κ2) is 8.38. The van der Waals surface area contributed by atoms with Gasteiger partial charge in [-0.15, -0.1) is 0 Å². The first-order valence-electron chi connectivity index (χ1n) is 7.21. The Morgan fingerprint density at radius 3 is 2.55 bits per heavy atom. The second-order valence-electron chi connectivity index (χ2n) is 5.09. The zero-order valence-corrected chi connectivity index (χ0v) is 12.8. The molecule has 0 aromatic heterocycles. The summed E-state index contributed by atoms with van der Waals surface area (Å²) >= 11 is 5.74. The van der Waals surface area contributed by atoms with Gasteiger partial charge in [0.15, 0.2) is 0 Å². The van der Waals surface area contributed by atoms with Gasteiger partial charge in [-0.25, -0.2) is 4.79 Å². The number of anilines is 1. The van der Waals surface area contributed by atoms with Gasteiger partial charge < -0.3 is 10.6 Å². The SMILES string of the molecule is O=C(/C=N\OC(=O)NC1CCCCC1)Nc1ccc(Cl)cc1. The van der Waals surface area contributed by atoms with Crippen LogP contribution in [-0.4, -0.2) is 24.3 Å². The van der Waals surface area contributed by atoms with Crippen LogP contribution in [0, 0.1) is 0 Å². The summed E-state index contributed by atoms with van der Waals surface area (Å²) in [5.74, 6) is -0.493. The number of amides is 2. The monoisotopic (exact) mass is 323 g/mol. The molecule has 2 N–H and O–H groups in total. The van der Waals surface area contributed by atoms with Gasteiger partial charge in [0.05, 0.1) is 0 Å². The molecular weight excluding hydrogens is 306 g/mol. The normalized spacial score (nSPS) is 15.5. The number of hydrogen-bond acceptors (Lipinski definition) is 4. The average molecular weight is 324 g/mol. The van der Waals surface area contributed by atoms with Crippen LogP contribution < -0.4 is 10.6 Å². The fourth-order valence-corrected chi connectivity index (χ4v) is 2.40. The van der Waals surface area contributed by atoms with Crippen LogP contribution in [0.25, 0.3) is 0 Å². The van der Waals surface area contributed by atoms with Gasteiger partial charge in [-0.3, -0.25) is 9.63 Å². The van der Waals surface area contributed by atoms with Crippen molar-refractivity contribution < 1.29 is 14.4 Å². The molecular formula is C15H18ClN3O3. The number of hydrogen-bond donors (Lipinski definition) is 2. The van der Waals surface area contributed by atoms with Crippen molar-refractivity contribution in [2.24, 2.45) is 5.16 Å². The number of nitrogens with one attached hydrogen (secondary N) is 2. The van der Waals surface area contributed by atoms with Gasteiger partial charge >= 0.3 is 6.09 Å². The van der Waals surface area contributed by atoms with Crippen molar-refractivity contribution in [3.63, 3.8) is 0 Å². The smallest absolute Gasteiger partial charge is 0.321 e. The van der Waals surface area contributed by atoms with E-state index in [-0.39, 0.29) is 6.04 Å². The van der Waals surface area contributed by atoms with Crippen LogP contribution in [0.5, 0.6) is 0 Å². The van der Waals surface area contributed by atoms with Crippen molar-refractivity contribution in [1.29, 1.82) is 0 Å². The highest BCUT2D eigenvalue weighted by Gasteiger charge is 2.16. The highest BCUT2D eigenvalue weighted by Crippen LogP contribution is 2.17. The molecule has 2 rings (SSSR count). The minimum Gasteiger partial charge on any atom is -0.321 e. The van der Waals surface area contributed by atoms with Gasteiger partial charge in [-0.05, 0) is 37.1 Å². The van der Waals surface area contributed by atoms with Crippen molar-refractivity contribution in [3.05, 3.63) is 29.3 Å². The molecule has 1 fully saturated rings. The van der Waals surface area contributed by atoms with Crippen LogP contribution in [0.1, 0.15) is 32.1 Å². The number of carbonyl (C=O) groups excluding carboxylic acids is 2. The van der Waals surface area contributed by atoms with Crippen molar-refractivity contribution in [2.45, 2.75) is 38.1 Å². The number of oxime groups is 1. The van der Waals surface area contributed by atoms with E-state index in [1.807, 2.05) is 0 Å². The van der Waals surface area contributed by atoms with E-state index in [1.165, 1.54) is 6.42 Å². The Kier molecular flexibility index (Phi) is 6.21. The molecule has 1 aromatic rings. The fraction of sp³-hybridized carbons (Fsp3) is 0.400. The zero-order valence-electron chi connectivity index (χ0n) is 12.0.